The third-order valence-electron chi connectivity index (χ3n) is 2.27. The number of nitrogens with two attached hydrogens (primary N) is 1. The van der Waals surface area contributed by atoms with Crippen LogP contribution in [0.15, 0.2) is 18.3 Å². The van der Waals surface area contributed by atoms with Crippen molar-refractivity contribution in [2.45, 2.75) is 25.9 Å². The summed E-state index contributed by atoms with van der Waals surface area (Å²) in [5.41, 5.74) is 6.55. The van der Waals surface area contributed by atoms with Crippen LogP contribution in [-0.4, -0.2) is 31.0 Å². The van der Waals surface area contributed by atoms with Crippen LogP contribution in [0.2, 0.25) is 0 Å². The molecular weight excluding hydrogens is 287 g/mol. The molecule has 0 bridgehead atoms. The molecule has 1 atom stereocenters. The van der Waals surface area contributed by atoms with E-state index in [0.29, 0.717) is 13.0 Å². The lowest BCUT2D eigenvalue weighted by Gasteiger charge is -2.16. The van der Waals surface area contributed by atoms with Gasteiger partial charge in [0.1, 0.15) is 5.82 Å². The van der Waals surface area contributed by atoms with E-state index in [1.165, 1.54) is 0 Å². The molecule has 0 aliphatic carbocycles. The molecule has 1 heterocycles. The SMILES string of the molecule is CC(N)CC(=O)NCc1cccnc1N(C)C.Cl.Cl. The van der Waals surface area contributed by atoms with Gasteiger partial charge in [-0.1, -0.05) is 6.07 Å². The summed E-state index contributed by atoms with van der Waals surface area (Å²) in [7, 11) is 3.85. The molecule has 0 radical (unpaired) electrons. The number of anilines is 1. The van der Waals surface area contributed by atoms with Gasteiger partial charge in [-0.05, 0) is 13.0 Å². The molecule has 1 rings (SSSR count). The van der Waals surface area contributed by atoms with Crippen LogP contribution in [0.3, 0.4) is 0 Å². The highest BCUT2D eigenvalue weighted by Crippen LogP contribution is 2.13. The number of hydrogen-bond donors (Lipinski definition) is 2. The van der Waals surface area contributed by atoms with E-state index >= 15 is 0 Å². The maximum atomic E-state index is 11.5. The third kappa shape index (κ3) is 7.20. The van der Waals surface area contributed by atoms with E-state index in [9.17, 15) is 4.79 Å². The van der Waals surface area contributed by atoms with Crippen LogP contribution in [0.1, 0.15) is 18.9 Å². The lowest BCUT2D eigenvalue weighted by molar-refractivity contribution is -0.121. The highest BCUT2D eigenvalue weighted by atomic mass is 35.5. The van der Waals surface area contributed by atoms with Gasteiger partial charge >= 0.3 is 0 Å². The Bertz CT molecular complexity index is 386. The maximum absolute atomic E-state index is 11.5. The average molecular weight is 309 g/mol. The fourth-order valence-corrected chi connectivity index (χ4v) is 1.53. The Morgan fingerprint density at radius 2 is 2.11 bits per heavy atom. The summed E-state index contributed by atoms with van der Waals surface area (Å²) in [6.45, 7) is 2.29. The van der Waals surface area contributed by atoms with Crippen molar-refractivity contribution in [3.63, 3.8) is 0 Å². The van der Waals surface area contributed by atoms with E-state index < -0.39 is 0 Å². The highest BCUT2D eigenvalue weighted by Gasteiger charge is 2.08. The number of hydrogen-bond acceptors (Lipinski definition) is 4. The lowest BCUT2D eigenvalue weighted by Crippen LogP contribution is -2.30. The Balaban J connectivity index is 0. The number of aromatic nitrogens is 1. The summed E-state index contributed by atoms with van der Waals surface area (Å²) in [4.78, 5) is 17.7. The number of nitrogens with one attached hydrogen (secondary N) is 1. The van der Waals surface area contributed by atoms with Gasteiger partial charge in [-0.15, -0.1) is 24.8 Å². The molecule has 1 aromatic heterocycles. The molecule has 0 aliphatic rings. The van der Waals surface area contributed by atoms with Crippen molar-refractivity contribution in [1.29, 1.82) is 0 Å². The van der Waals surface area contributed by atoms with Crippen LogP contribution < -0.4 is 16.0 Å². The minimum Gasteiger partial charge on any atom is -0.362 e. The van der Waals surface area contributed by atoms with E-state index in [4.69, 9.17) is 5.73 Å². The quantitative estimate of drug-likeness (QED) is 0.861. The monoisotopic (exact) mass is 308 g/mol. The number of carbonyl (C=O) groups excluding carboxylic acids is 1. The average Bonchev–Trinajstić information content (AvgIpc) is 2.25. The number of halogens is 2. The second-order valence-electron chi connectivity index (χ2n) is 4.34. The number of nitrogens with zero attached hydrogens (tertiary/aromatic N) is 2. The predicted molar refractivity (Wildman–Crippen MR) is 83.2 cm³/mol. The molecule has 0 spiro atoms. The van der Waals surface area contributed by atoms with Crippen molar-refractivity contribution in [2.75, 3.05) is 19.0 Å². The Hall–Kier alpha value is -1.04. The highest BCUT2D eigenvalue weighted by molar-refractivity contribution is 5.85. The second kappa shape index (κ2) is 9.83. The van der Waals surface area contributed by atoms with Gasteiger partial charge in [0.05, 0.1) is 0 Å². The molecule has 0 saturated heterocycles. The van der Waals surface area contributed by atoms with Gasteiger partial charge in [-0.3, -0.25) is 4.79 Å². The number of rotatable bonds is 5. The Labute approximate surface area is 126 Å². The van der Waals surface area contributed by atoms with Crippen LogP contribution in [-0.2, 0) is 11.3 Å². The van der Waals surface area contributed by atoms with Gasteiger partial charge in [0, 0.05) is 44.9 Å². The zero-order valence-electron chi connectivity index (χ0n) is 11.4. The molecule has 7 heteroatoms. The lowest BCUT2D eigenvalue weighted by atomic mass is 10.2. The Morgan fingerprint density at radius 1 is 1.47 bits per heavy atom. The molecule has 0 aromatic carbocycles. The molecule has 19 heavy (non-hydrogen) atoms. The molecule has 1 amide bonds. The number of pyridine rings is 1. The largest absolute Gasteiger partial charge is 0.362 e. The van der Waals surface area contributed by atoms with Crippen LogP contribution in [0.5, 0.6) is 0 Å². The fraction of sp³-hybridized carbons (Fsp3) is 0.500. The first-order valence-electron chi connectivity index (χ1n) is 5.64. The molecule has 5 nitrogen and oxygen atoms in total. The minimum atomic E-state index is -0.114. The Morgan fingerprint density at radius 3 is 2.63 bits per heavy atom. The van der Waals surface area contributed by atoms with Crippen molar-refractivity contribution in [1.82, 2.24) is 10.3 Å². The molecule has 110 valence electrons. The summed E-state index contributed by atoms with van der Waals surface area (Å²) in [6, 6.07) is 3.70. The van der Waals surface area contributed by atoms with Gasteiger partial charge in [0.2, 0.25) is 5.91 Å². The molecule has 0 aliphatic heterocycles. The standard InChI is InChI=1S/C12H20N4O.2ClH/c1-9(13)7-11(17)15-8-10-5-4-6-14-12(10)16(2)3;;/h4-6,9H,7-8,13H2,1-3H3,(H,15,17);2*1H. The zero-order chi connectivity index (χ0) is 12.8. The van der Waals surface area contributed by atoms with Crippen molar-refractivity contribution in [3.8, 4) is 0 Å². The number of amides is 1. The molecular formula is C12H22Cl2N4O. The predicted octanol–water partition coefficient (Wildman–Crippen LogP) is 1.34. The van der Waals surface area contributed by atoms with E-state index in [2.05, 4.69) is 10.3 Å². The normalized spacial score (nSPS) is 10.7. The smallest absolute Gasteiger partial charge is 0.221 e. The van der Waals surface area contributed by atoms with Crippen LogP contribution >= 0.6 is 24.8 Å². The topological polar surface area (TPSA) is 71.2 Å². The van der Waals surface area contributed by atoms with Gasteiger partial charge in [0.15, 0.2) is 0 Å². The molecule has 1 aromatic rings. The maximum Gasteiger partial charge on any atom is 0.221 e. The first-order valence-corrected chi connectivity index (χ1v) is 5.64. The van der Waals surface area contributed by atoms with Gasteiger partial charge in [-0.25, -0.2) is 4.98 Å². The van der Waals surface area contributed by atoms with Gasteiger partial charge in [-0.2, -0.15) is 0 Å². The van der Waals surface area contributed by atoms with E-state index in [1.807, 2.05) is 38.1 Å². The van der Waals surface area contributed by atoms with Crippen molar-refractivity contribution >= 4 is 36.5 Å². The Kier molecular flexibility index (Phi) is 10.5. The second-order valence-corrected chi connectivity index (χ2v) is 4.34. The minimum absolute atomic E-state index is 0. The van der Waals surface area contributed by atoms with Crippen LogP contribution in [0.4, 0.5) is 5.82 Å². The van der Waals surface area contributed by atoms with E-state index in [-0.39, 0.29) is 36.8 Å². The summed E-state index contributed by atoms with van der Waals surface area (Å²) in [6.07, 6.45) is 2.08. The van der Waals surface area contributed by atoms with Crippen molar-refractivity contribution < 1.29 is 4.79 Å². The molecule has 3 N–H and O–H groups in total. The summed E-state index contributed by atoms with van der Waals surface area (Å²) in [5.74, 6) is 0.835. The number of carbonyl (C=O) groups is 1. The summed E-state index contributed by atoms with van der Waals surface area (Å²) < 4.78 is 0. The van der Waals surface area contributed by atoms with Crippen LogP contribution in [0.25, 0.3) is 0 Å². The third-order valence-corrected chi connectivity index (χ3v) is 2.27. The molecule has 0 saturated carbocycles. The molecule has 1 unspecified atom stereocenters. The van der Waals surface area contributed by atoms with Gasteiger partial charge in [0.25, 0.3) is 0 Å². The van der Waals surface area contributed by atoms with Crippen molar-refractivity contribution in [3.05, 3.63) is 23.9 Å². The molecule has 0 fully saturated rings. The first-order chi connectivity index (χ1) is 8.00. The zero-order valence-corrected chi connectivity index (χ0v) is 13.1. The van der Waals surface area contributed by atoms with E-state index in [1.54, 1.807) is 6.20 Å². The van der Waals surface area contributed by atoms with Crippen molar-refractivity contribution in [2.24, 2.45) is 5.73 Å². The van der Waals surface area contributed by atoms with E-state index in [0.717, 1.165) is 11.4 Å². The first kappa shape index (κ1) is 20.3. The summed E-state index contributed by atoms with van der Waals surface area (Å²) >= 11 is 0. The van der Waals surface area contributed by atoms with Crippen LogP contribution in [0, 0.1) is 0 Å². The fourth-order valence-electron chi connectivity index (χ4n) is 1.53. The summed E-state index contributed by atoms with van der Waals surface area (Å²) in [5, 5.41) is 2.84. The van der Waals surface area contributed by atoms with Gasteiger partial charge < -0.3 is 16.0 Å².